The molecule has 26 heavy (non-hydrogen) atoms. The highest BCUT2D eigenvalue weighted by atomic mass is 16.2. The predicted molar refractivity (Wildman–Crippen MR) is 100 cm³/mol. The zero-order chi connectivity index (χ0) is 18.7. The van der Waals surface area contributed by atoms with Crippen LogP contribution in [0.15, 0.2) is 36.5 Å². The number of rotatable bonds is 6. The molecule has 3 rings (SSSR count). The summed E-state index contributed by atoms with van der Waals surface area (Å²) in [7, 11) is 0. The van der Waals surface area contributed by atoms with E-state index in [2.05, 4.69) is 29.1 Å². The van der Waals surface area contributed by atoms with E-state index in [1.54, 1.807) is 41.4 Å². The second-order valence-electron chi connectivity index (χ2n) is 6.50. The van der Waals surface area contributed by atoms with Gasteiger partial charge in [0.05, 0.1) is 5.41 Å². The Kier molecular flexibility index (Phi) is 4.88. The van der Waals surface area contributed by atoms with Crippen molar-refractivity contribution in [3.8, 4) is 0 Å². The molecule has 0 atom stereocenters. The first-order valence-corrected chi connectivity index (χ1v) is 8.81. The molecule has 1 aromatic carbocycles. The third-order valence-corrected chi connectivity index (χ3v) is 5.19. The van der Waals surface area contributed by atoms with Gasteiger partial charge in [0.1, 0.15) is 5.82 Å². The first kappa shape index (κ1) is 17.8. The molecular weight excluding hydrogens is 330 g/mol. The maximum atomic E-state index is 12.9. The minimum absolute atomic E-state index is 0.128. The van der Waals surface area contributed by atoms with Crippen molar-refractivity contribution in [2.75, 3.05) is 16.8 Å². The summed E-state index contributed by atoms with van der Waals surface area (Å²) in [6.45, 7) is 4.78. The molecule has 0 aliphatic carbocycles. The Morgan fingerprint density at radius 3 is 2.73 bits per heavy atom. The fourth-order valence-electron chi connectivity index (χ4n) is 3.38. The molecule has 0 unspecified atom stereocenters. The fraction of sp³-hybridized carbons (Fsp3) is 0.368. The van der Waals surface area contributed by atoms with Crippen LogP contribution in [0.5, 0.6) is 0 Å². The number of primary amides is 1. The molecule has 2 heterocycles. The van der Waals surface area contributed by atoms with Crippen molar-refractivity contribution in [2.45, 2.75) is 33.1 Å². The molecule has 0 bridgehead atoms. The summed E-state index contributed by atoms with van der Waals surface area (Å²) in [5.74, 6) is 0.578. The Morgan fingerprint density at radius 2 is 2.08 bits per heavy atom. The van der Waals surface area contributed by atoms with Crippen LogP contribution in [-0.4, -0.2) is 28.3 Å². The minimum atomic E-state index is -0.499. The molecule has 2 amide bonds. The SMILES string of the molecule is CCC1(CC)CCN(c2ccnc(Nc3cccc(C(N)=O)c3)n2)C1=O. The Balaban J connectivity index is 1.82. The van der Waals surface area contributed by atoms with Crippen molar-refractivity contribution < 1.29 is 9.59 Å². The van der Waals surface area contributed by atoms with Crippen LogP contribution in [0.4, 0.5) is 17.5 Å². The molecule has 0 radical (unpaired) electrons. The van der Waals surface area contributed by atoms with Gasteiger partial charge < -0.3 is 11.1 Å². The van der Waals surface area contributed by atoms with Crippen LogP contribution in [0.3, 0.4) is 0 Å². The van der Waals surface area contributed by atoms with E-state index in [9.17, 15) is 9.59 Å². The number of hydrogen-bond acceptors (Lipinski definition) is 5. The van der Waals surface area contributed by atoms with Gasteiger partial charge in [-0.15, -0.1) is 0 Å². The van der Waals surface area contributed by atoms with Gasteiger partial charge in [0, 0.05) is 24.0 Å². The predicted octanol–water partition coefficient (Wildman–Crippen LogP) is 2.86. The highest BCUT2D eigenvalue weighted by Gasteiger charge is 2.44. The van der Waals surface area contributed by atoms with Crippen LogP contribution in [-0.2, 0) is 4.79 Å². The molecule has 0 spiro atoms. The van der Waals surface area contributed by atoms with Gasteiger partial charge in [-0.1, -0.05) is 19.9 Å². The van der Waals surface area contributed by atoms with Crippen LogP contribution in [0.25, 0.3) is 0 Å². The van der Waals surface area contributed by atoms with E-state index in [4.69, 9.17) is 5.73 Å². The van der Waals surface area contributed by atoms with Gasteiger partial charge in [-0.3, -0.25) is 14.5 Å². The maximum absolute atomic E-state index is 12.9. The third-order valence-electron chi connectivity index (χ3n) is 5.19. The number of aromatic nitrogens is 2. The van der Waals surface area contributed by atoms with Gasteiger partial charge in [-0.2, -0.15) is 4.98 Å². The summed E-state index contributed by atoms with van der Waals surface area (Å²) < 4.78 is 0. The quantitative estimate of drug-likeness (QED) is 0.831. The Morgan fingerprint density at radius 1 is 1.31 bits per heavy atom. The number of nitrogens with two attached hydrogens (primary N) is 1. The molecule has 2 aromatic rings. The average Bonchev–Trinajstić information content (AvgIpc) is 2.99. The summed E-state index contributed by atoms with van der Waals surface area (Å²) in [5, 5.41) is 3.06. The largest absolute Gasteiger partial charge is 0.366 e. The number of nitrogens with zero attached hydrogens (tertiary/aromatic N) is 3. The lowest BCUT2D eigenvalue weighted by molar-refractivity contribution is -0.125. The molecule has 1 aliphatic heterocycles. The number of amides is 2. The van der Waals surface area contributed by atoms with Crippen molar-refractivity contribution >= 4 is 29.3 Å². The van der Waals surface area contributed by atoms with Gasteiger partial charge in [0.15, 0.2) is 0 Å². The zero-order valence-electron chi connectivity index (χ0n) is 15.0. The van der Waals surface area contributed by atoms with E-state index in [0.717, 1.165) is 19.3 Å². The number of hydrogen-bond donors (Lipinski definition) is 2. The zero-order valence-corrected chi connectivity index (χ0v) is 15.0. The standard InChI is InChI=1S/C19H23N5O2/c1-3-19(4-2)9-11-24(17(19)26)15-8-10-21-18(23-15)22-14-7-5-6-13(12-14)16(20)25/h5-8,10,12H,3-4,9,11H2,1-2H3,(H2,20,25)(H,21,22,23). The monoisotopic (exact) mass is 353 g/mol. The van der Waals surface area contributed by atoms with Crippen LogP contribution in [0.2, 0.25) is 0 Å². The summed E-state index contributed by atoms with van der Waals surface area (Å²) in [6.07, 6.45) is 4.11. The van der Waals surface area contributed by atoms with Gasteiger partial charge in [0.25, 0.3) is 0 Å². The van der Waals surface area contributed by atoms with E-state index < -0.39 is 5.91 Å². The Bertz CT molecular complexity index is 832. The highest BCUT2D eigenvalue weighted by Crippen LogP contribution is 2.39. The highest BCUT2D eigenvalue weighted by molar-refractivity contribution is 5.99. The Labute approximate surface area is 152 Å². The first-order chi connectivity index (χ1) is 12.5. The summed E-state index contributed by atoms with van der Waals surface area (Å²) in [6, 6.07) is 8.54. The van der Waals surface area contributed by atoms with Crippen molar-refractivity contribution in [2.24, 2.45) is 11.1 Å². The first-order valence-electron chi connectivity index (χ1n) is 8.81. The molecule has 1 aromatic heterocycles. The number of carbonyl (C=O) groups excluding carboxylic acids is 2. The summed E-state index contributed by atoms with van der Waals surface area (Å²) >= 11 is 0. The molecule has 7 nitrogen and oxygen atoms in total. The summed E-state index contributed by atoms with van der Waals surface area (Å²) in [4.78, 5) is 34.6. The van der Waals surface area contributed by atoms with Crippen LogP contribution in [0.1, 0.15) is 43.5 Å². The minimum Gasteiger partial charge on any atom is -0.366 e. The number of anilines is 3. The lowest BCUT2D eigenvalue weighted by atomic mass is 9.81. The van der Waals surface area contributed by atoms with Crippen molar-refractivity contribution in [1.29, 1.82) is 0 Å². The number of nitrogens with one attached hydrogen (secondary N) is 1. The van der Waals surface area contributed by atoms with E-state index >= 15 is 0 Å². The molecule has 7 heteroatoms. The molecule has 1 fully saturated rings. The number of benzene rings is 1. The average molecular weight is 353 g/mol. The van der Waals surface area contributed by atoms with E-state index in [-0.39, 0.29) is 11.3 Å². The summed E-state index contributed by atoms with van der Waals surface area (Å²) in [5.41, 5.74) is 6.08. The normalized spacial score (nSPS) is 15.9. The molecule has 3 N–H and O–H groups in total. The molecular formula is C19H23N5O2. The molecule has 136 valence electrons. The van der Waals surface area contributed by atoms with Crippen molar-refractivity contribution in [1.82, 2.24) is 9.97 Å². The van der Waals surface area contributed by atoms with Crippen LogP contribution < -0.4 is 16.0 Å². The lowest BCUT2D eigenvalue weighted by Crippen LogP contribution is -2.34. The smallest absolute Gasteiger partial charge is 0.248 e. The van der Waals surface area contributed by atoms with Gasteiger partial charge in [-0.05, 0) is 43.5 Å². The third kappa shape index (κ3) is 3.24. The van der Waals surface area contributed by atoms with Gasteiger partial charge >= 0.3 is 0 Å². The van der Waals surface area contributed by atoms with Crippen molar-refractivity contribution in [3.63, 3.8) is 0 Å². The van der Waals surface area contributed by atoms with E-state index in [1.165, 1.54) is 0 Å². The van der Waals surface area contributed by atoms with E-state index in [0.29, 0.717) is 29.6 Å². The maximum Gasteiger partial charge on any atom is 0.248 e. The van der Waals surface area contributed by atoms with Crippen LogP contribution in [0, 0.1) is 5.41 Å². The fourth-order valence-corrected chi connectivity index (χ4v) is 3.38. The van der Waals surface area contributed by atoms with Gasteiger partial charge in [-0.25, -0.2) is 4.98 Å². The topological polar surface area (TPSA) is 101 Å². The second kappa shape index (κ2) is 7.11. The second-order valence-corrected chi connectivity index (χ2v) is 6.50. The van der Waals surface area contributed by atoms with E-state index in [1.807, 2.05) is 0 Å². The lowest BCUT2D eigenvalue weighted by Gasteiger charge is -2.24. The molecule has 1 saturated heterocycles. The van der Waals surface area contributed by atoms with Crippen LogP contribution >= 0.6 is 0 Å². The van der Waals surface area contributed by atoms with Crippen molar-refractivity contribution in [3.05, 3.63) is 42.1 Å². The molecule has 1 aliphatic rings. The Hall–Kier alpha value is -2.96. The molecule has 0 saturated carbocycles. The van der Waals surface area contributed by atoms with Gasteiger partial charge in [0.2, 0.25) is 17.8 Å². The number of carbonyl (C=O) groups is 2.